The van der Waals surface area contributed by atoms with Crippen molar-refractivity contribution in [2.24, 2.45) is 0 Å². The lowest BCUT2D eigenvalue weighted by molar-refractivity contribution is -0.141. The molecule has 0 radical (unpaired) electrons. The third-order valence-corrected chi connectivity index (χ3v) is 2.28. The first-order valence-electron chi connectivity index (χ1n) is 4.33. The fourth-order valence-electron chi connectivity index (χ4n) is 1.57. The summed E-state index contributed by atoms with van der Waals surface area (Å²) in [4.78, 5) is 34.5. The van der Waals surface area contributed by atoms with E-state index in [2.05, 4.69) is 20.7 Å². The van der Waals surface area contributed by atoms with Crippen LogP contribution in [0.25, 0.3) is 0 Å². The molecular weight excluding hydrogens is 204 g/mol. The van der Waals surface area contributed by atoms with Gasteiger partial charge in [0.05, 0.1) is 7.11 Å². The monoisotopic (exact) mass is 214 g/mol. The van der Waals surface area contributed by atoms with Crippen LogP contribution >= 0.6 is 0 Å². The molecule has 2 fully saturated rings. The quantitative estimate of drug-likeness (QED) is 0.470. The van der Waals surface area contributed by atoms with Gasteiger partial charge in [-0.1, -0.05) is 0 Å². The Kier molecular flexibility index (Phi) is 2.10. The number of nitrogens with one attached hydrogen (secondary N) is 3. The van der Waals surface area contributed by atoms with Crippen LogP contribution in [0.1, 0.15) is 0 Å². The van der Waals surface area contributed by atoms with E-state index < -0.39 is 24.3 Å². The lowest BCUT2D eigenvalue weighted by Crippen LogP contribution is -2.46. The molecule has 2 aliphatic rings. The van der Waals surface area contributed by atoms with Gasteiger partial charge in [-0.3, -0.25) is 9.69 Å². The van der Waals surface area contributed by atoms with Crippen LogP contribution in [0.4, 0.5) is 9.59 Å². The summed E-state index contributed by atoms with van der Waals surface area (Å²) in [7, 11) is 1.24. The highest BCUT2D eigenvalue weighted by Crippen LogP contribution is 2.13. The van der Waals surface area contributed by atoms with Crippen LogP contribution in [0.15, 0.2) is 0 Å². The van der Waals surface area contributed by atoms with Crippen LogP contribution < -0.4 is 16.0 Å². The van der Waals surface area contributed by atoms with Crippen LogP contribution in [0, 0.1) is 0 Å². The molecule has 2 saturated heterocycles. The van der Waals surface area contributed by atoms with Gasteiger partial charge < -0.3 is 20.7 Å². The van der Waals surface area contributed by atoms with E-state index >= 15 is 0 Å². The van der Waals surface area contributed by atoms with Gasteiger partial charge in [0.2, 0.25) is 0 Å². The molecule has 0 aliphatic carbocycles. The van der Waals surface area contributed by atoms with E-state index in [4.69, 9.17) is 0 Å². The molecule has 15 heavy (non-hydrogen) atoms. The number of nitrogens with zero attached hydrogens (tertiary/aromatic N) is 1. The third kappa shape index (κ3) is 1.53. The van der Waals surface area contributed by atoms with Crippen LogP contribution in [-0.4, -0.2) is 48.9 Å². The van der Waals surface area contributed by atoms with Crippen molar-refractivity contribution >= 4 is 18.0 Å². The molecule has 2 rings (SSSR count). The van der Waals surface area contributed by atoms with E-state index in [0.717, 1.165) is 0 Å². The van der Waals surface area contributed by atoms with E-state index in [1.54, 1.807) is 0 Å². The van der Waals surface area contributed by atoms with Gasteiger partial charge in [0.1, 0.15) is 18.9 Å². The summed E-state index contributed by atoms with van der Waals surface area (Å²) in [5.41, 5.74) is 0. The zero-order valence-corrected chi connectivity index (χ0v) is 7.94. The number of methoxy groups -OCH3 is 1. The summed E-state index contributed by atoms with van der Waals surface area (Å²) >= 11 is 0. The summed E-state index contributed by atoms with van der Waals surface area (Å²) in [6.45, 7) is -0.189. The molecule has 4 amide bonds. The van der Waals surface area contributed by atoms with E-state index in [0.29, 0.717) is 0 Å². The van der Waals surface area contributed by atoms with E-state index in [9.17, 15) is 14.4 Å². The maximum Gasteiger partial charge on any atom is 0.325 e. The third-order valence-electron chi connectivity index (χ3n) is 2.28. The molecule has 2 aliphatic heterocycles. The Labute approximate surface area is 84.9 Å². The van der Waals surface area contributed by atoms with Gasteiger partial charge in [-0.15, -0.1) is 0 Å². The number of hydrogen-bond donors (Lipinski definition) is 3. The number of hydrogen-bond acceptors (Lipinski definition) is 4. The van der Waals surface area contributed by atoms with Gasteiger partial charge in [0.15, 0.2) is 0 Å². The van der Waals surface area contributed by atoms with Gasteiger partial charge >= 0.3 is 18.0 Å². The highest BCUT2D eigenvalue weighted by molar-refractivity contribution is 5.87. The minimum absolute atomic E-state index is 0.189. The molecule has 8 nitrogen and oxygen atoms in total. The van der Waals surface area contributed by atoms with E-state index in [1.807, 2.05) is 0 Å². The summed E-state index contributed by atoms with van der Waals surface area (Å²) < 4.78 is 4.44. The summed E-state index contributed by atoms with van der Waals surface area (Å²) in [5, 5.41) is 7.51. The van der Waals surface area contributed by atoms with Gasteiger partial charge in [0.25, 0.3) is 0 Å². The van der Waals surface area contributed by atoms with Crippen molar-refractivity contribution in [3.63, 3.8) is 0 Å². The lowest BCUT2D eigenvalue weighted by atomic mass is 10.4. The van der Waals surface area contributed by atoms with Crippen molar-refractivity contribution in [2.45, 2.75) is 12.3 Å². The van der Waals surface area contributed by atoms with Gasteiger partial charge in [-0.25, -0.2) is 9.59 Å². The zero-order chi connectivity index (χ0) is 11.0. The maximum atomic E-state index is 11.4. The minimum atomic E-state index is -0.538. The molecule has 2 heterocycles. The summed E-state index contributed by atoms with van der Waals surface area (Å²) in [6.07, 6.45) is -1.03. The molecule has 0 aromatic rings. The normalized spacial score (nSPS) is 27.9. The first-order valence-corrected chi connectivity index (χ1v) is 4.33. The van der Waals surface area contributed by atoms with Crippen LogP contribution in [-0.2, 0) is 9.53 Å². The van der Waals surface area contributed by atoms with Crippen LogP contribution in [0.3, 0.4) is 0 Å². The number of urea groups is 2. The second-order valence-electron chi connectivity index (χ2n) is 3.19. The van der Waals surface area contributed by atoms with Gasteiger partial charge in [-0.05, 0) is 0 Å². The average Bonchev–Trinajstić information content (AvgIpc) is 2.65. The fraction of sp³-hybridized carbons (Fsp3) is 0.571. The number of carbonyl (C=O) groups is 3. The minimum Gasteiger partial charge on any atom is -0.468 e. The number of amides is 4. The molecule has 0 unspecified atom stereocenters. The van der Waals surface area contributed by atoms with Gasteiger partial charge in [-0.2, -0.15) is 0 Å². The molecule has 0 aromatic heterocycles. The van der Waals surface area contributed by atoms with Crippen LogP contribution in [0.2, 0.25) is 0 Å². The van der Waals surface area contributed by atoms with Crippen molar-refractivity contribution in [1.29, 1.82) is 0 Å². The molecule has 0 bridgehead atoms. The Bertz CT molecular complexity index is 331. The maximum absolute atomic E-state index is 11.4. The summed E-state index contributed by atoms with van der Waals surface area (Å²) in [6, 6.07) is -0.789. The molecule has 3 N–H and O–H groups in total. The molecule has 0 aromatic carbocycles. The predicted octanol–water partition coefficient (Wildman–Crippen LogP) is -1.85. The molecular formula is C7H10N4O4. The Balaban J connectivity index is 2.07. The number of fused-ring (bicyclic) bond motifs is 1. The van der Waals surface area contributed by atoms with E-state index in [1.165, 1.54) is 12.0 Å². The molecule has 0 saturated carbocycles. The Morgan fingerprint density at radius 1 is 1.40 bits per heavy atom. The fourth-order valence-corrected chi connectivity index (χ4v) is 1.57. The van der Waals surface area contributed by atoms with Gasteiger partial charge in [0, 0.05) is 0 Å². The van der Waals surface area contributed by atoms with Crippen molar-refractivity contribution in [2.75, 3.05) is 13.7 Å². The molecule has 8 heteroatoms. The van der Waals surface area contributed by atoms with Crippen molar-refractivity contribution in [3.05, 3.63) is 0 Å². The standard InChI is InChI=1S/C7H10N4O4/c1-15-3(12)2-11-5-4(9-7(11)14)8-6(13)10-5/h4-5H,2H2,1H3,(H,9,14)(H2,8,10,13)/t4-,5+/m1/s1. The predicted molar refractivity (Wildman–Crippen MR) is 46.5 cm³/mol. The molecule has 82 valence electrons. The highest BCUT2D eigenvalue weighted by Gasteiger charge is 2.46. The first-order chi connectivity index (χ1) is 7.11. The number of ether oxygens (including phenoxy) is 1. The van der Waals surface area contributed by atoms with Crippen molar-refractivity contribution in [3.8, 4) is 0 Å². The topological polar surface area (TPSA) is 99.8 Å². The Morgan fingerprint density at radius 2 is 2.13 bits per heavy atom. The number of rotatable bonds is 2. The Morgan fingerprint density at radius 3 is 2.80 bits per heavy atom. The first kappa shape index (κ1) is 9.56. The SMILES string of the molecule is COC(=O)CN1C(=O)N[C@H]2NC(=O)N[C@H]21. The second-order valence-corrected chi connectivity index (χ2v) is 3.19. The highest BCUT2D eigenvalue weighted by atomic mass is 16.5. The number of esters is 1. The second kappa shape index (κ2) is 3.30. The average molecular weight is 214 g/mol. The molecule has 0 spiro atoms. The Hall–Kier alpha value is -1.99. The molecule has 2 atom stereocenters. The van der Waals surface area contributed by atoms with Crippen molar-refractivity contribution < 1.29 is 19.1 Å². The smallest absolute Gasteiger partial charge is 0.325 e. The largest absolute Gasteiger partial charge is 0.468 e. The van der Waals surface area contributed by atoms with Crippen LogP contribution in [0.5, 0.6) is 0 Å². The van der Waals surface area contributed by atoms with Crippen molar-refractivity contribution in [1.82, 2.24) is 20.9 Å². The van der Waals surface area contributed by atoms with E-state index in [-0.39, 0.29) is 12.6 Å². The zero-order valence-electron chi connectivity index (χ0n) is 7.94. The lowest BCUT2D eigenvalue weighted by Gasteiger charge is -2.19. The summed E-state index contributed by atoms with van der Waals surface area (Å²) in [5.74, 6) is -0.535. The number of carbonyl (C=O) groups excluding carboxylic acids is 3.